The molecule has 2 aromatic rings. The van der Waals surface area contributed by atoms with Gasteiger partial charge in [-0.3, -0.25) is 0 Å². The molecule has 0 radical (unpaired) electrons. The Bertz CT molecular complexity index is 509. The van der Waals surface area contributed by atoms with E-state index in [1.54, 1.807) is 0 Å². The number of hydrogen-bond donors (Lipinski definition) is 0. The largest absolute Gasteiger partial charge is 0.0985 e. The lowest BCUT2D eigenvalue weighted by atomic mass is 10.0. The SMILES string of the molecule is C=Cc1cccc(CCc2cccc(C)c2)c1. The summed E-state index contributed by atoms with van der Waals surface area (Å²) in [4.78, 5) is 0. The minimum Gasteiger partial charge on any atom is -0.0985 e. The fraction of sp³-hybridized carbons (Fsp3) is 0.176. The van der Waals surface area contributed by atoms with Crippen LogP contribution in [0.3, 0.4) is 0 Å². The lowest BCUT2D eigenvalue weighted by molar-refractivity contribution is 0.957. The Morgan fingerprint density at radius 2 is 1.59 bits per heavy atom. The molecule has 0 saturated heterocycles. The van der Waals surface area contributed by atoms with E-state index >= 15 is 0 Å². The normalized spacial score (nSPS) is 10.2. The molecule has 0 amide bonds. The predicted octanol–water partition coefficient (Wildman–Crippen LogP) is 4.42. The van der Waals surface area contributed by atoms with Gasteiger partial charge in [0.05, 0.1) is 0 Å². The molecule has 0 saturated carbocycles. The van der Waals surface area contributed by atoms with E-state index in [1.807, 2.05) is 6.08 Å². The zero-order valence-corrected chi connectivity index (χ0v) is 10.3. The number of benzene rings is 2. The van der Waals surface area contributed by atoms with Gasteiger partial charge in [-0.05, 0) is 36.5 Å². The van der Waals surface area contributed by atoms with E-state index in [2.05, 4.69) is 62.0 Å². The van der Waals surface area contributed by atoms with E-state index in [0.29, 0.717) is 0 Å². The van der Waals surface area contributed by atoms with E-state index in [9.17, 15) is 0 Å². The number of hydrogen-bond acceptors (Lipinski definition) is 0. The van der Waals surface area contributed by atoms with Crippen molar-refractivity contribution in [1.29, 1.82) is 0 Å². The molecule has 0 bridgehead atoms. The van der Waals surface area contributed by atoms with Crippen molar-refractivity contribution < 1.29 is 0 Å². The standard InChI is InChI=1S/C17H18/c1-3-15-7-5-9-17(13-15)11-10-16-8-4-6-14(2)12-16/h3-9,12-13H,1,10-11H2,2H3. The summed E-state index contributed by atoms with van der Waals surface area (Å²) in [6.45, 7) is 5.94. The van der Waals surface area contributed by atoms with Gasteiger partial charge in [0.15, 0.2) is 0 Å². The highest BCUT2D eigenvalue weighted by Crippen LogP contribution is 2.11. The molecule has 2 rings (SSSR count). The highest BCUT2D eigenvalue weighted by atomic mass is 14.0. The molecule has 0 aliphatic rings. The third-order valence-corrected chi connectivity index (χ3v) is 2.97. The van der Waals surface area contributed by atoms with Crippen molar-refractivity contribution in [2.45, 2.75) is 19.8 Å². The summed E-state index contributed by atoms with van der Waals surface area (Å²) in [5.41, 5.74) is 5.33. The van der Waals surface area contributed by atoms with Gasteiger partial charge in [-0.1, -0.05) is 66.7 Å². The maximum atomic E-state index is 3.80. The summed E-state index contributed by atoms with van der Waals surface area (Å²) in [7, 11) is 0. The van der Waals surface area contributed by atoms with Crippen molar-refractivity contribution in [2.24, 2.45) is 0 Å². The maximum Gasteiger partial charge on any atom is -0.0238 e. The second-order valence-corrected chi connectivity index (χ2v) is 4.44. The van der Waals surface area contributed by atoms with E-state index in [-0.39, 0.29) is 0 Å². The van der Waals surface area contributed by atoms with Crippen LogP contribution in [0.1, 0.15) is 22.3 Å². The van der Waals surface area contributed by atoms with Crippen LogP contribution in [-0.2, 0) is 12.8 Å². The zero-order valence-electron chi connectivity index (χ0n) is 10.3. The van der Waals surface area contributed by atoms with Gasteiger partial charge in [0.25, 0.3) is 0 Å². The van der Waals surface area contributed by atoms with Crippen LogP contribution < -0.4 is 0 Å². The topological polar surface area (TPSA) is 0 Å². The highest BCUT2D eigenvalue weighted by molar-refractivity contribution is 5.48. The van der Waals surface area contributed by atoms with Crippen molar-refractivity contribution in [3.63, 3.8) is 0 Å². The van der Waals surface area contributed by atoms with Crippen LogP contribution >= 0.6 is 0 Å². The second kappa shape index (κ2) is 5.49. The van der Waals surface area contributed by atoms with Crippen LogP contribution in [0.15, 0.2) is 55.1 Å². The van der Waals surface area contributed by atoms with Gasteiger partial charge in [0.2, 0.25) is 0 Å². The predicted molar refractivity (Wildman–Crippen MR) is 75.1 cm³/mol. The molecule has 0 heterocycles. The average molecular weight is 222 g/mol. The minimum absolute atomic E-state index is 1.09. The molecule has 0 fully saturated rings. The Morgan fingerprint density at radius 1 is 0.941 bits per heavy atom. The van der Waals surface area contributed by atoms with Gasteiger partial charge in [0.1, 0.15) is 0 Å². The first kappa shape index (κ1) is 11.7. The summed E-state index contributed by atoms with van der Waals surface area (Å²) in [5.74, 6) is 0. The van der Waals surface area contributed by atoms with Crippen LogP contribution in [0.2, 0.25) is 0 Å². The Labute approximate surface area is 104 Å². The zero-order chi connectivity index (χ0) is 12.1. The van der Waals surface area contributed by atoms with Crippen molar-refractivity contribution in [2.75, 3.05) is 0 Å². The first-order chi connectivity index (χ1) is 8.28. The first-order valence-corrected chi connectivity index (χ1v) is 6.05. The van der Waals surface area contributed by atoms with Gasteiger partial charge >= 0.3 is 0 Å². The molecule has 0 aromatic heterocycles. The van der Waals surface area contributed by atoms with Gasteiger partial charge in [-0.2, -0.15) is 0 Å². The number of aryl methyl sites for hydroxylation is 3. The van der Waals surface area contributed by atoms with Crippen LogP contribution in [0, 0.1) is 6.92 Å². The third-order valence-electron chi connectivity index (χ3n) is 2.97. The first-order valence-electron chi connectivity index (χ1n) is 6.05. The summed E-state index contributed by atoms with van der Waals surface area (Å²) < 4.78 is 0. The van der Waals surface area contributed by atoms with Crippen LogP contribution in [0.4, 0.5) is 0 Å². The van der Waals surface area contributed by atoms with Gasteiger partial charge < -0.3 is 0 Å². The van der Waals surface area contributed by atoms with Crippen LogP contribution in [-0.4, -0.2) is 0 Å². The molecule has 0 atom stereocenters. The monoisotopic (exact) mass is 222 g/mol. The highest BCUT2D eigenvalue weighted by Gasteiger charge is 1.97. The average Bonchev–Trinajstić information content (AvgIpc) is 2.37. The van der Waals surface area contributed by atoms with Gasteiger partial charge in [-0.25, -0.2) is 0 Å². The van der Waals surface area contributed by atoms with Crippen molar-refractivity contribution in [3.05, 3.63) is 77.4 Å². The number of rotatable bonds is 4. The minimum atomic E-state index is 1.09. The molecule has 2 aromatic carbocycles. The van der Waals surface area contributed by atoms with E-state index in [1.165, 1.54) is 22.3 Å². The third kappa shape index (κ3) is 3.32. The fourth-order valence-corrected chi connectivity index (χ4v) is 2.03. The molecule has 86 valence electrons. The van der Waals surface area contributed by atoms with E-state index in [4.69, 9.17) is 0 Å². The molecule has 0 aliphatic carbocycles. The second-order valence-electron chi connectivity index (χ2n) is 4.44. The quantitative estimate of drug-likeness (QED) is 0.718. The molecule has 17 heavy (non-hydrogen) atoms. The van der Waals surface area contributed by atoms with E-state index in [0.717, 1.165) is 12.8 Å². The lowest BCUT2D eigenvalue weighted by Gasteiger charge is -2.04. The molecule has 0 N–H and O–H groups in total. The molecule has 0 spiro atoms. The Morgan fingerprint density at radius 3 is 2.24 bits per heavy atom. The molecule has 0 unspecified atom stereocenters. The van der Waals surface area contributed by atoms with Gasteiger partial charge in [0, 0.05) is 0 Å². The van der Waals surface area contributed by atoms with E-state index < -0.39 is 0 Å². The summed E-state index contributed by atoms with van der Waals surface area (Å²) >= 11 is 0. The molecular weight excluding hydrogens is 204 g/mol. The van der Waals surface area contributed by atoms with Crippen LogP contribution in [0.25, 0.3) is 6.08 Å². The molecule has 0 heteroatoms. The summed E-state index contributed by atoms with van der Waals surface area (Å²) in [6.07, 6.45) is 4.09. The maximum absolute atomic E-state index is 3.80. The Balaban J connectivity index is 2.04. The summed E-state index contributed by atoms with van der Waals surface area (Å²) in [6, 6.07) is 17.3. The summed E-state index contributed by atoms with van der Waals surface area (Å²) in [5, 5.41) is 0. The van der Waals surface area contributed by atoms with Crippen LogP contribution in [0.5, 0.6) is 0 Å². The lowest BCUT2D eigenvalue weighted by Crippen LogP contribution is -1.92. The Hall–Kier alpha value is -1.82. The molecule has 0 aliphatic heterocycles. The van der Waals surface area contributed by atoms with Crippen molar-refractivity contribution in [3.8, 4) is 0 Å². The van der Waals surface area contributed by atoms with Gasteiger partial charge in [-0.15, -0.1) is 0 Å². The van der Waals surface area contributed by atoms with Crippen molar-refractivity contribution in [1.82, 2.24) is 0 Å². The smallest absolute Gasteiger partial charge is 0.0238 e. The fourth-order valence-electron chi connectivity index (χ4n) is 2.03. The van der Waals surface area contributed by atoms with Crippen molar-refractivity contribution >= 4 is 6.08 Å². The molecular formula is C17H18. The molecule has 0 nitrogen and oxygen atoms in total. The Kier molecular flexibility index (Phi) is 3.77.